The molecule has 1 aliphatic heterocycles. The minimum atomic E-state index is -0.620. The van der Waals surface area contributed by atoms with Crippen molar-refractivity contribution in [2.45, 2.75) is 12.5 Å². The molecule has 0 fully saturated rings. The van der Waals surface area contributed by atoms with Crippen molar-refractivity contribution in [3.05, 3.63) is 58.1 Å². The van der Waals surface area contributed by atoms with Crippen LogP contribution in [0, 0.1) is 0 Å². The SMILES string of the molecule is OC(Cc1ccccc1Br)c1cccc2c1OCCO2. The van der Waals surface area contributed by atoms with Gasteiger partial charge < -0.3 is 14.6 Å². The summed E-state index contributed by atoms with van der Waals surface area (Å²) in [6, 6.07) is 13.5. The monoisotopic (exact) mass is 334 g/mol. The maximum atomic E-state index is 10.5. The molecule has 3 rings (SSSR count). The Morgan fingerprint density at radius 2 is 1.85 bits per heavy atom. The minimum Gasteiger partial charge on any atom is -0.486 e. The molecule has 20 heavy (non-hydrogen) atoms. The zero-order valence-corrected chi connectivity index (χ0v) is 12.5. The maximum Gasteiger partial charge on any atom is 0.167 e. The van der Waals surface area contributed by atoms with E-state index in [1.54, 1.807) is 0 Å². The lowest BCUT2D eigenvalue weighted by molar-refractivity contribution is 0.146. The van der Waals surface area contributed by atoms with E-state index in [1.807, 2.05) is 42.5 Å². The van der Waals surface area contributed by atoms with Gasteiger partial charge in [0.2, 0.25) is 0 Å². The van der Waals surface area contributed by atoms with Crippen molar-refractivity contribution in [2.24, 2.45) is 0 Å². The molecule has 0 radical (unpaired) electrons. The van der Waals surface area contributed by atoms with Gasteiger partial charge in [-0.1, -0.05) is 46.3 Å². The summed E-state index contributed by atoms with van der Waals surface area (Å²) in [6.07, 6.45) is -0.0910. The summed E-state index contributed by atoms with van der Waals surface area (Å²) in [6.45, 7) is 1.07. The molecule has 1 aliphatic rings. The molecule has 3 nitrogen and oxygen atoms in total. The molecule has 0 aromatic heterocycles. The standard InChI is InChI=1S/C16H15BrO3/c17-13-6-2-1-4-11(13)10-14(18)12-5-3-7-15-16(12)20-9-8-19-15/h1-7,14,18H,8-10H2. The number of aliphatic hydroxyl groups excluding tert-OH is 1. The largest absolute Gasteiger partial charge is 0.486 e. The summed E-state index contributed by atoms with van der Waals surface area (Å²) < 4.78 is 12.2. The highest BCUT2D eigenvalue weighted by Crippen LogP contribution is 2.38. The highest BCUT2D eigenvalue weighted by molar-refractivity contribution is 9.10. The second-order valence-electron chi connectivity index (χ2n) is 4.68. The van der Waals surface area contributed by atoms with Crippen molar-refractivity contribution in [1.29, 1.82) is 0 Å². The third-order valence-electron chi connectivity index (χ3n) is 3.33. The number of benzene rings is 2. The second kappa shape index (κ2) is 5.85. The van der Waals surface area contributed by atoms with E-state index in [4.69, 9.17) is 9.47 Å². The van der Waals surface area contributed by atoms with Gasteiger partial charge in [0.05, 0.1) is 6.10 Å². The molecule has 4 heteroatoms. The molecule has 1 N–H and O–H groups in total. The van der Waals surface area contributed by atoms with Crippen molar-refractivity contribution in [3.8, 4) is 11.5 Å². The van der Waals surface area contributed by atoms with Gasteiger partial charge in [-0.3, -0.25) is 0 Å². The van der Waals surface area contributed by atoms with Gasteiger partial charge in [0.25, 0.3) is 0 Å². The first-order valence-electron chi connectivity index (χ1n) is 6.55. The fourth-order valence-corrected chi connectivity index (χ4v) is 2.79. The van der Waals surface area contributed by atoms with Crippen LogP contribution in [0.5, 0.6) is 11.5 Å². The number of rotatable bonds is 3. The summed E-state index contributed by atoms with van der Waals surface area (Å²) >= 11 is 3.51. The zero-order valence-electron chi connectivity index (χ0n) is 10.9. The van der Waals surface area contributed by atoms with Gasteiger partial charge in [0.1, 0.15) is 13.2 Å². The Bertz CT molecular complexity index is 612. The van der Waals surface area contributed by atoms with Crippen LogP contribution in [-0.2, 0) is 6.42 Å². The van der Waals surface area contributed by atoms with Crippen LogP contribution in [0.25, 0.3) is 0 Å². The Morgan fingerprint density at radius 1 is 1.05 bits per heavy atom. The highest BCUT2D eigenvalue weighted by Gasteiger charge is 2.21. The Morgan fingerprint density at radius 3 is 2.70 bits per heavy atom. The van der Waals surface area contributed by atoms with Gasteiger partial charge >= 0.3 is 0 Å². The predicted molar refractivity (Wildman–Crippen MR) is 80.2 cm³/mol. The van der Waals surface area contributed by atoms with E-state index in [2.05, 4.69) is 15.9 Å². The summed E-state index contributed by atoms with van der Waals surface area (Å²) in [5.41, 5.74) is 1.84. The number of hydrogen-bond donors (Lipinski definition) is 1. The van der Waals surface area contributed by atoms with Crippen LogP contribution in [0.15, 0.2) is 46.9 Å². The van der Waals surface area contributed by atoms with E-state index in [-0.39, 0.29) is 0 Å². The lowest BCUT2D eigenvalue weighted by Gasteiger charge is -2.23. The molecule has 0 saturated heterocycles. The predicted octanol–water partition coefficient (Wildman–Crippen LogP) is 3.50. The lowest BCUT2D eigenvalue weighted by atomic mass is 10.00. The zero-order chi connectivity index (χ0) is 13.9. The van der Waals surface area contributed by atoms with Crippen LogP contribution in [-0.4, -0.2) is 18.3 Å². The van der Waals surface area contributed by atoms with Gasteiger partial charge in [-0.15, -0.1) is 0 Å². The minimum absolute atomic E-state index is 0.520. The molecule has 0 aliphatic carbocycles. The molecule has 0 spiro atoms. The number of aliphatic hydroxyl groups is 1. The maximum absolute atomic E-state index is 10.5. The quantitative estimate of drug-likeness (QED) is 0.933. The third kappa shape index (κ3) is 2.67. The fourth-order valence-electron chi connectivity index (χ4n) is 2.34. The third-order valence-corrected chi connectivity index (χ3v) is 4.10. The first-order valence-corrected chi connectivity index (χ1v) is 7.35. The van der Waals surface area contributed by atoms with Crippen LogP contribution in [0.3, 0.4) is 0 Å². The molecule has 0 saturated carbocycles. The van der Waals surface area contributed by atoms with Crippen molar-refractivity contribution >= 4 is 15.9 Å². The van der Waals surface area contributed by atoms with Crippen LogP contribution < -0.4 is 9.47 Å². The van der Waals surface area contributed by atoms with Crippen molar-refractivity contribution in [2.75, 3.05) is 13.2 Å². The number of halogens is 1. The van der Waals surface area contributed by atoms with Gasteiger partial charge in [-0.25, -0.2) is 0 Å². The Balaban J connectivity index is 1.88. The van der Waals surface area contributed by atoms with E-state index in [9.17, 15) is 5.11 Å². The molecule has 1 atom stereocenters. The smallest absolute Gasteiger partial charge is 0.167 e. The molecule has 2 aromatic carbocycles. The number of ether oxygens (including phenoxy) is 2. The van der Waals surface area contributed by atoms with Crippen LogP contribution in [0.1, 0.15) is 17.2 Å². The molecule has 104 valence electrons. The van der Waals surface area contributed by atoms with Crippen molar-refractivity contribution in [3.63, 3.8) is 0 Å². The molecular formula is C16H15BrO3. The van der Waals surface area contributed by atoms with Crippen LogP contribution in [0.2, 0.25) is 0 Å². The molecule has 0 bridgehead atoms. The molecule has 1 heterocycles. The topological polar surface area (TPSA) is 38.7 Å². The Hall–Kier alpha value is -1.52. The normalized spacial score (nSPS) is 14.9. The summed E-state index contributed by atoms with van der Waals surface area (Å²) in [7, 11) is 0. The van der Waals surface area contributed by atoms with Crippen LogP contribution in [0.4, 0.5) is 0 Å². The van der Waals surface area contributed by atoms with Crippen LogP contribution >= 0.6 is 15.9 Å². The molecule has 2 aromatic rings. The Labute approximate surface area is 126 Å². The average Bonchev–Trinajstić information content (AvgIpc) is 2.49. The number of para-hydroxylation sites is 1. The molecule has 0 amide bonds. The van der Waals surface area contributed by atoms with E-state index in [0.29, 0.717) is 31.1 Å². The van der Waals surface area contributed by atoms with Gasteiger partial charge in [-0.2, -0.15) is 0 Å². The Kier molecular flexibility index (Phi) is 3.94. The fraction of sp³-hybridized carbons (Fsp3) is 0.250. The summed E-state index contributed by atoms with van der Waals surface area (Å²) in [5.74, 6) is 1.37. The average molecular weight is 335 g/mol. The van der Waals surface area contributed by atoms with E-state index < -0.39 is 6.10 Å². The summed E-state index contributed by atoms with van der Waals surface area (Å²) in [5, 5.41) is 10.5. The second-order valence-corrected chi connectivity index (χ2v) is 5.54. The summed E-state index contributed by atoms with van der Waals surface area (Å²) in [4.78, 5) is 0. The number of fused-ring (bicyclic) bond motifs is 1. The molecular weight excluding hydrogens is 320 g/mol. The van der Waals surface area contributed by atoms with Gasteiger partial charge in [0.15, 0.2) is 11.5 Å². The highest BCUT2D eigenvalue weighted by atomic mass is 79.9. The van der Waals surface area contributed by atoms with E-state index in [0.717, 1.165) is 15.6 Å². The van der Waals surface area contributed by atoms with Crippen molar-refractivity contribution in [1.82, 2.24) is 0 Å². The van der Waals surface area contributed by atoms with Gasteiger partial charge in [-0.05, 0) is 17.7 Å². The van der Waals surface area contributed by atoms with E-state index in [1.165, 1.54) is 0 Å². The van der Waals surface area contributed by atoms with Gasteiger partial charge in [0, 0.05) is 16.5 Å². The first kappa shape index (κ1) is 13.5. The van der Waals surface area contributed by atoms with Crippen molar-refractivity contribution < 1.29 is 14.6 Å². The van der Waals surface area contributed by atoms with E-state index >= 15 is 0 Å². The lowest BCUT2D eigenvalue weighted by Crippen LogP contribution is -2.17. The first-order chi connectivity index (χ1) is 9.75. The number of hydrogen-bond acceptors (Lipinski definition) is 3. The molecule has 1 unspecified atom stereocenters.